The number of nitrogens with zero attached hydrogens (tertiary/aromatic N) is 1. The van der Waals surface area contributed by atoms with Crippen LogP contribution in [0.25, 0.3) is 22.4 Å². The maximum atomic E-state index is 12.3. The molecule has 0 aliphatic carbocycles. The van der Waals surface area contributed by atoms with Gasteiger partial charge in [-0.15, -0.1) is 0 Å². The molecule has 1 atom stereocenters. The number of aromatic carboxylic acids is 1. The average molecular weight is 353 g/mol. The largest absolute Gasteiger partial charge is 0.504 e. The van der Waals surface area contributed by atoms with Crippen LogP contribution in [-0.2, 0) is 6.42 Å². The van der Waals surface area contributed by atoms with Gasteiger partial charge in [-0.1, -0.05) is 32.9 Å². The smallest absolute Gasteiger partial charge is 0.341 e. The van der Waals surface area contributed by atoms with Crippen LogP contribution in [-0.4, -0.2) is 20.7 Å². The van der Waals surface area contributed by atoms with Gasteiger partial charge in [0.2, 0.25) is 0 Å². The summed E-state index contributed by atoms with van der Waals surface area (Å²) in [5.41, 5.74) is 0.848. The Kier molecular flexibility index (Phi) is 3.31. The molecule has 6 heteroatoms. The van der Waals surface area contributed by atoms with Gasteiger partial charge in [-0.05, 0) is 17.9 Å². The molecule has 0 bridgehead atoms. The Hall–Kier alpha value is -3.02. The Labute approximate surface area is 149 Å². The van der Waals surface area contributed by atoms with Crippen molar-refractivity contribution in [3.05, 3.63) is 51.8 Å². The topological polar surface area (TPSA) is 92.7 Å². The van der Waals surface area contributed by atoms with E-state index in [1.54, 1.807) is 12.1 Å². The fourth-order valence-corrected chi connectivity index (χ4v) is 3.73. The summed E-state index contributed by atoms with van der Waals surface area (Å²) < 4.78 is 7.73. The van der Waals surface area contributed by atoms with Gasteiger partial charge in [-0.25, -0.2) is 4.79 Å². The van der Waals surface area contributed by atoms with E-state index >= 15 is 0 Å². The van der Waals surface area contributed by atoms with Crippen molar-refractivity contribution in [1.29, 1.82) is 0 Å². The molecule has 2 N–H and O–H groups in total. The Morgan fingerprint density at radius 2 is 2.04 bits per heavy atom. The third kappa shape index (κ3) is 2.25. The minimum absolute atomic E-state index is 0.0419. The van der Waals surface area contributed by atoms with Crippen molar-refractivity contribution in [3.8, 4) is 17.2 Å². The molecule has 134 valence electrons. The third-order valence-electron chi connectivity index (χ3n) is 5.07. The van der Waals surface area contributed by atoms with E-state index in [0.717, 1.165) is 10.9 Å². The number of aromatic hydroxyl groups is 1. The quantitative estimate of drug-likeness (QED) is 0.694. The Bertz CT molecular complexity index is 1110. The van der Waals surface area contributed by atoms with Gasteiger partial charge in [0.25, 0.3) is 0 Å². The molecule has 0 unspecified atom stereocenters. The number of pyridine rings is 1. The van der Waals surface area contributed by atoms with Crippen LogP contribution in [0.15, 0.2) is 39.7 Å². The molecule has 3 aromatic rings. The lowest BCUT2D eigenvalue weighted by Crippen LogP contribution is -2.32. The fraction of sp³-hybridized carbons (Fsp3) is 0.300. The highest BCUT2D eigenvalue weighted by Gasteiger charge is 2.36. The number of rotatable bonds is 1. The summed E-state index contributed by atoms with van der Waals surface area (Å²) in [6.45, 7) is 6.22. The molecule has 0 radical (unpaired) electrons. The molecule has 0 fully saturated rings. The van der Waals surface area contributed by atoms with Crippen molar-refractivity contribution < 1.29 is 19.4 Å². The number of carboxylic acids is 1. The second kappa shape index (κ2) is 5.24. The van der Waals surface area contributed by atoms with Crippen molar-refractivity contribution in [3.63, 3.8) is 0 Å². The Balaban J connectivity index is 2.09. The normalized spacial score (nSPS) is 16.3. The number of benzene rings is 1. The molecule has 1 aliphatic heterocycles. The zero-order valence-electron chi connectivity index (χ0n) is 14.7. The van der Waals surface area contributed by atoms with Crippen LogP contribution in [0.1, 0.15) is 42.7 Å². The molecule has 4 rings (SSSR count). The molecule has 0 amide bonds. The number of hydrogen-bond acceptors (Lipinski definition) is 4. The highest BCUT2D eigenvalue weighted by Crippen LogP contribution is 2.47. The van der Waals surface area contributed by atoms with Gasteiger partial charge in [-0.3, -0.25) is 4.79 Å². The lowest BCUT2D eigenvalue weighted by atomic mass is 9.80. The standard InChI is InChI=1S/C20H19NO5/c1-20(2,3)16-7-11-10-5-4-6-14(22)18(10)26-17(11)13-8-15(23)12(19(24)25)9-21(13)16/h4-6,8-9,16,22H,7H2,1-3H3,(H,24,25)/t16-/m0/s1. The van der Waals surface area contributed by atoms with Crippen molar-refractivity contribution in [2.45, 2.75) is 33.2 Å². The van der Waals surface area contributed by atoms with E-state index in [4.69, 9.17) is 4.42 Å². The summed E-state index contributed by atoms with van der Waals surface area (Å²) in [7, 11) is 0. The summed E-state index contributed by atoms with van der Waals surface area (Å²) in [4.78, 5) is 23.7. The van der Waals surface area contributed by atoms with Crippen LogP contribution >= 0.6 is 0 Å². The van der Waals surface area contributed by atoms with Crippen molar-refractivity contribution in [2.75, 3.05) is 0 Å². The minimum atomic E-state index is -1.24. The predicted molar refractivity (Wildman–Crippen MR) is 96.7 cm³/mol. The maximum absolute atomic E-state index is 12.3. The summed E-state index contributed by atoms with van der Waals surface area (Å²) in [5, 5.41) is 20.3. The Morgan fingerprint density at radius 1 is 1.31 bits per heavy atom. The molecule has 1 aliphatic rings. The van der Waals surface area contributed by atoms with Crippen molar-refractivity contribution >= 4 is 16.9 Å². The van der Waals surface area contributed by atoms with Gasteiger partial charge >= 0.3 is 5.97 Å². The lowest BCUT2D eigenvalue weighted by molar-refractivity contribution is 0.0693. The fourth-order valence-electron chi connectivity index (χ4n) is 3.73. The number of carbonyl (C=O) groups is 1. The molecular formula is C20H19NO5. The Morgan fingerprint density at radius 3 is 2.69 bits per heavy atom. The highest BCUT2D eigenvalue weighted by molar-refractivity contribution is 5.92. The zero-order chi connectivity index (χ0) is 18.8. The molecule has 1 aromatic carbocycles. The van der Waals surface area contributed by atoms with Crippen LogP contribution < -0.4 is 5.43 Å². The second-order valence-electron chi connectivity index (χ2n) is 7.80. The second-order valence-corrected chi connectivity index (χ2v) is 7.80. The van der Waals surface area contributed by atoms with E-state index in [1.165, 1.54) is 12.3 Å². The maximum Gasteiger partial charge on any atom is 0.341 e. The van der Waals surface area contributed by atoms with E-state index in [0.29, 0.717) is 23.5 Å². The molecule has 0 saturated heterocycles. The van der Waals surface area contributed by atoms with Crippen molar-refractivity contribution in [1.82, 2.24) is 4.57 Å². The predicted octanol–water partition coefficient (Wildman–Crippen LogP) is 3.81. The summed E-state index contributed by atoms with van der Waals surface area (Å²) in [6, 6.07) is 6.45. The number of fused-ring (bicyclic) bond motifs is 5. The minimum Gasteiger partial charge on any atom is -0.504 e. The molecule has 3 heterocycles. The van der Waals surface area contributed by atoms with Crippen LogP contribution in [0.3, 0.4) is 0 Å². The van der Waals surface area contributed by atoms with Gasteiger partial charge < -0.3 is 19.2 Å². The SMILES string of the molecule is CC(C)(C)[C@@H]1Cc2c(oc3c(O)cccc23)-c2cc(=O)c(C(=O)O)cn21. The van der Waals surface area contributed by atoms with E-state index in [9.17, 15) is 19.8 Å². The van der Waals surface area contributed by atoms with E-state index < -0.39 is 11.4 Å². The molecule has 2 aromatic heterocycles. The van der Waals surface area contributed by atoms with Gasteiger partial charge in [0.15, 0.2) is 22.5 Å². The number of phenols is 1. The van der Waals surface area contributed by atoms with Crippen LogP contribution in [0.2, 0.25) is 0 Å². The zero-order valence-corrected chi connectivity index (χ0v) is 14.7. The van der Waals surface area contributed by atoms with Gasteiger partial charge in [0, 0.05) is 29.3 Å². The number of furan rings is 1. The van der Waals surface area contributed by atoms with Crippen LogP contribution in [0.4, 0.5) is 0 Å². The van der Waals surface area contributed by atoms with Crippen LogP contribution in [0.5, 0.6) is 5.75 Å². The molecule has 6 nitrogen and oxygen atoms in total. The van der Waals surface area contributed by atoms with Crippen molar-refractivity contribution in [2.24, 2.45) is 5.41 Å². The summed E-state index contributed by atoms with van der Waals surface area (Å²) in [5.74, 6) is -0.692. The lowest BCUT2D eigenvalue weighted by Gasteiger charge is -2.37. The van der Waals surface area contributed by atoms with Gasteiger partial charge in [0.1, 0.15) is 5.56 Å². The first-order chi connectivity index (χ1) is 12.2. The van der Waals surface area contributed by atoms with E-state index in [1.807, 2.05) is 10.6 Å². The molecular weight excluding hydrogens is 334 g/mol. The molecule has 0 spiro atoms. The van der Waals surface area contributed by atoms with Gasteiger partial charge in [0.05, 0.1) is 5.69 Å². The number of hydrogen-bond donors (Lipinski definition) is 2. The molecule has 26 heavy (non-hydrogen) atoms. The number of para-hydroxylation sites is 1. The number of carboxylic acid groups (broad SMARTS) is 1. The monoisotopic (exact) mass is 353 g/mol. The first-order valence-electron chi connectivity index (χ1n) is 8.41. The first-order valence-corrected chi connectivity index (χ1v) is 8.41. The third-order valence-corrected chi connectivity index (χ3v) is 5.07. The number of phenolic OH excluding ortho intramolecular Hbond substituents is 1. The average Bonchev–Trinajstić information content (AvgIpc) is 2.93. The first kappa shape index (κ1) is 16.4. The summed E-state index contributed by atoms with van der Waals surface area (Å²) >= 11 is 0. The summed E-state index contributed by atoms with van der Waals surface area (Å²) in [6.07, 6.45) is 2.02. The highest BCUT2D eigenvalue weighted by atomic mass is 16.4. The van der Waals surface area contributed by atoms with E-state index in [-0.39, 0.29) is 22.8 Å². The number of aromatic nitrogens is 1. The van der Waals surface area contributed by atoms with E-state index in [2.05, 4.69) is 20.8 Å². The van der Waals surface area contributed by atoms with Crippen LogP contribution in [0, 0.1) is 5.41 Å². The molecule has 0 saturated carbocycles. The van der Waals surface area contributed by atoms with Gasteiger partial charge in [-0.2, -0.15) is 0 Å².